The summed E-state index contributed by atoms with van der Waals surface area (Å²) < 4.78 is 7.22. The number of aromatic nitrogens is 1. The Morgan fingerprint density at radius 2 is 2.13 bits per heavy atom. The molecule has 1 aromatic heterocycles. The number of rotatable bonds is 4. The average molecular weight is 316 g/mol. The highest BCUT2D eigenvalue weighted by Gasteiger charge is 2.32. The number of amides is 1. The molecule has 3 rings (SSSR count). The summed E-state index contributed by atoms with van der Waals surface area (Å²) in [5.41, 5.74) is 2.24. The summed E-state index contributed by atoms with van der Waals surface area (Å²) in [7, 11) is 1.98. The molecule has 1 amide bonds. The van der Waals surface area contributed by atoms with Crippen LogP contribution in [0.3, 0.4) is 0 Å². The first kappa shape index (κ1) is 15.6. The van der Waals surface area contributed by atoms with Gasteiger partial charge >= 0.3 is 5.97 Å². The predicted octanol–water partition coefficient (Wildman–Crippen LogP) is 1.42. The van der Waals surface area contributed by atoms with Crippen molar-refractivity contribution in [3.8, 4) is 0 Å². The van der Waals surface area contributed by atoms with E-state index in [1.165, 1.54) is 4.90 Å². The Bertz CT molecular complexity index is 737. The normalized spacial score (nSPS) is 18.3. The number of ether oxygens (including phenoxy) is 1. The van der Waals surface area contributed by atoms with E-state index >= 15 is 0 Å². The Balaban J connectivity index is 1.71. The second kappa shape index (κ2) is 6.42. The molecule has 1 atom stereocenters. The van der Waals surface area contributed by atoms with Crippen LogP contribution in [0, 0.1) is 0 Å². The van der Waals surface area contributed by atoms with Crippen LogP contribution in [0.25, 0.3) is 10.9 Å². The third-order valence-corrected chi connectivity index (χ3v) is 4.32. The van der Waals surface area contributed by atoms with E-state index in [2.05, 4.69) is 0 Å². The summed E-state index contributed by atoms with van der Waals surface area (Å²) in [5.74, 6) is -1.14. The molecule has 6 heteroatoms. The fourth-order valence-corrected chi connectivity index (χ4v) is 3.12. The third-order valence-electron chi connectivity index (χ3n) is 4.32. The molecule has 0 bridgehead atoms. The van der Waals surface area contributed by atoms with Gasteiger partial charge in [-0.1, -0.05) is 18.2 Å². The van der Waals surface area contributed by atoms with Gasteiger partial charge in [-0.2, -0.15) is 0 Å². The topological polar surface area (TPSA) is 71.8 Å². The van der Waals surface area contributed by atoms with Crippen LogP contribution in [-0.2, 0) is 27.8 Å². The molecule has 0 saturated carbocycles. The van der Waals surface area contributed by atoms with Crippen LogP contribution < -0.4 is 0 Å². The van der Waals surface area contributed by atoms with Gasteiger partial charge in [-0.05, 0) is 18.1 Å². The molecule has 2 heterocycles. The van der Waals surface area contributed by atoms with Gasteiger partial charge in [-0.15, -0.1) is 0 Å². The van der Waals surface area contributed by atoms with Crippen molar-refractivity contribution in [1.82, 2.24) is 9.47 Å². The first-order valence-electron chi connectivity index (χ1n) is 7.71. The summed E-state index contributed by atoms with van der Waals surface area (Å²) in [6.45, 7) is 0.796. The SMILES string of the molecule is Cn1cc(CCC(=O)N2CCOCC2C(=O)O)c2ccccc21. The summed E-state index contributed by atoms with van der Waals surface area (Å²) in [5, 5.41) is 10.3. The maximum absolute atomic E-state index is 12.4. The van der Waals surface area contributed by atoms with Crippen molar-refractivity contribution in [2.75, 3.05) is 19.8 Å². The first-order valence-corrected chi connectivity index (χ1v) is 7.71. The fourth-order valence-electron chi connectivity index (χ4n) is 3.12. The van der Waals surface area contributed by atoms with Crippen LogP contribution in [0.5, 0.6) is 0 Å². The number of nitrogens with zero attached hydrogens (tertiary/aromatic N) is 2. The van der Waals surface area contributed by atoms with E-state index in [4.69, 9.17) is 4.74 Å². The number of carboxylic acid groups (broad SMARTS) is 1. The van der Waals surface area contributed by atoms with Gasteiger partial charge in [-0.3, -0.25) is 4.79 Å². The zero-order valence-electron chi connectivity index (χ0n) is 13.1. The minimum Gasteiger partial charge on any atom is -0.480 e. The number of aliphatic carboxylic acids is 1. The number of carbonyl (C=O) groups excluding carboxylic acids is 1. The Kier molecular flexibility index (Phi) is 4.34. The third kappa shape index (κ3) is 3.07. The molecule has 6 nitrogen and oxygen atoms in total. The number of para-hydroxylation sites is 1. The molecule has 0 radical (unpaired) electrons. The molecule has 1 aromatic carbocycles. The number of benzene rings is 1. The van der Waals surface area contributed by atoms with Gasteiger partial charge in [0.15, 0.2) is 6.04 Å². The lowest BCUT2D eigenvalue weighted by Crippen LogP contribution is -2.52. The maximum atomic E-state index is 12.4. The Hall–Kier alpha value is -2.34. The molecule has 0 spiro atoms. The largest absolute Gasteiger partial charge is 0.480 e. The smallest absolute Gasteiger partial charge is 0.328 e. The van der Waals surface area contributed by atoms with Crippen molar-refractivity contribution in [3.63, 3.8) is 0 Å². The van der Waals surface area contributed by atoms with Crippen molar-refractivity contribution < 1.29 is 19.4 Å². The number of fused-ring (bicyclic) bond motifs is 1. The van der Waals surface area contributed by atoms with Crippen LogP contribution in [0.4, 0.5) is 0 Å². The molecule has 1 aliphatic heterocycles. The summed E-state index contributed by atoms with van der Waals surface area (Å²) in [4.78, 5) is 25.1. The highest BCUT2D eigenvalue weighted by atomic mass is 16.5. The average Bonchev–Trinajstić information content (AvgIpc) is 2.89. The van der Waals surface area contributed by atoms with Gasteiger partial charge in [0, 0.05) is 37.1 Å². The number of aryl methyl sites for hydroxylation is 2. The van der Waals surface area contributed by atoms with Crippen LogP contribution >= 0.6 is 0 Å². The van der Waals surface area contributed by atoms with E-state index in [-0.39, 0.29) is 12.5 Å². The van der Waals surface area contributed by atoms with E-state index in [0.29, 0.717) is 26.0 Å². The predicted molar refractivity (Wildman–Crippen MR) is 85.2 cm³/mol. The van der Waals surface area contributed by atoms with Gasteiger partial charge in [0.25, 0.3) is 0 Å². The molecular weight excluding hydrogens is 296 g/mol. The van der Waals surface area contributed by atoms with Crippen LogP contribution in [0.2, 0.25) is 0 Å². The highest BCUT2D eigenvalue weighted by Crippen LogP contribution is 2.22. The number of carbonyl (C=O) groups is 2. The molecule has 23 heavy (non-hydrogen) atoms. The second-order valence-corrected chi connectivity index (χ2v) is 5.80. The molecular formula is C17H20N2O4. The summed E-state index contributed by atoms with van der Waals surface area (Å²) >= 11 is 0. The number of morpholine rings is 1. The second-order valence-electron chi connectivity index (χ2n) is 5.80. The van der Waals surface area contributed by atoms with Crippen molar-refractivity contribution >= 4 is 22.8 Å². The van der Waals surface area contributed by atoms with E-state index in [1.54, 1.807) is 0 Å². The maximum Gasteiger partial charge on any atom is 0.328 e. The van der Waals surface area contributed by atoms with Gasteiger partial charge in [0.05, 0.1) is 13.2 Å². The zero-order valence-corrected chi connectivity index (χ0v) is 13.1. The minimum atomic E-state index is -1.01. The molecule has 1 aliphatic rings. The zero-order chi connectivity index (χ0) is 16.4. The van der Waals surface area contributed by atoms with Crippen LogP contribution in [-0.4, -0.2) is 52.3 Å². The first-order chi connectivity index (χ1) is 11.1. The van der Waals surface area contributed by atoms with Gasteiger partial charge in [0.1, 0.15) is 0 Å². The standard InChI is InChI=1S/C17H20N2O4/c1-18-10-12(13-4-2-3-5-14(13)18)6-7-16(20)19-8-9-23-11-15(19)17(21)22/h2-5,10,15H,6-9,11H2,1H3,(H,21,22). The van der Waals surface area contributed by atoms with E-state index in [0.717, 1.165) is 16.5 Å². The molecule has 2 aromatic rings. The number of carboxylic acids is 1. The van der Waals surface area contributed by atoms with Crippen molar-refractivity contribution in [1.29, 1.82) is 0 Å². The molecule has 1 fully saturated rings. The number of hydrogen-bond acceptors (Lipinski definition) is 3. The lowest BCUT2D eigenvalue weighted by molar-refractivity contribution is -0.158. The van der Waals surface area contributed by atoms with Crippen molar-refractivity contribution in [3.05, 3.63) is 36.0 Å². The highest BCUT2D eigenvalue weighted by molar-refractivity contribution is 5.86. The van der Waals surface area contributed by atoms with E-state index < -0.39 is 12.0 Å². The van der Waals surface area contributed by atoms with Crippen LogP contribution in [0.1, 0.15) is 12.0 Å². The Morgan fingerprint density at radius 1 is 1.35 bits per heavy atom. The molecule has 1 saturated heterocycles. The quantitative estimate of drug-likeness (QED) is 0.926. The van der Waals surface area contributed by atoms with Crippen molar-refractivity contribution in [2.45, 2.75) is 18.9 Å². The molecule has 0 aliphatic carbocycles. The monoisotopic (exact) mass is 316 g/mol. The Morgan fingerprint density at radius 3 is 2.91 bits per heavy atom. The fraction of sp³-hybridized carbons (Fsp3) is 0.412. The minimum absolute atomic E-state index is 0.0648. The molecule has 1 N–H and O–H groups in total. The van der Waals surface area contributed by atoms with Gasteiger partial charge < -0.3 is 19.3 Å². The van der Waals surface area contributed by atoms with Crippen LogP contribution in [0.15, 0.2) is 30.5 Å². The Labute approximate surface area is 134 Å². The number of hydrogen-bond donors (Lipinski definition) is 1. The summed E-state index contributed by atoms with van der Waals surface area (Å²) in [6.07, 6.45) is 2.94. The van der Waals surface area contributed by atoms with Gasteiger partial charge in [0.2, 0.25) is 5.91 Å². The summed E-state index contributed by atoms with van der Waals surface area (Å²) in [6, 6.07) is 7.19. The van der Waals surface area contributed by atoms with E-state index in [9.17, 15) is 14.7 Å². The lowest BCUT2D eigenvalue weighted by Gasteiger charge is -2.32. The van der Waals surface area contributed by atoms with E-state index in [1.807, 2.05) is 42.1 Å². The molecule has 1 unspecified atom stereocenters. The van der Waals surface area contributed by atoms with Gasteiger partial charge in [-0.25, -0.2) is 4.79 Å². The lowest BCUT2D eigenvalue weighted by atomic mass is 10.1. The molecule has 122 valence electrons. The van der Waals surface area contributed by atoms with Crippen molar-refractivity contribution in [2.24, 2.45) is 7.05 Å².